The molecule has 0 saturated carbocycles. The molecule has 114 valence electrons. The molecule has 3 rings (SSSR count). The number of benzene rings is 1. The smallest absolute Gasteiger partial charge is 0.205 e. The Kier molecular flexibility index (Phi) is 4.61. The zero-order valence-electron chi connectivity index (χ0n) is 12.0. The Bertz CT molecular complexity index is 726. The SMILES string of the molecule is Cc1ccsc1NC1=NCCN1C(=S)Nc1cccc(Cl)c1. The minimum atomic E-state index is 0.611. The average Bonchev–Trinajstić information content (AvgIpc) is 3.09. The van der Waals surface area contributed by atoms with E-state index in [0.29, 0.717) is 10.1 Å². The zero-order chi connectivity index (χ0) is 15.5. The zero-order valence-corrected chi connectivity index (χ0v) is 14.4. The number of thiophene rings is 1. The van der Waals surface area contributed by atoms with E-state index in [2.05, 4.69) is 34.0 Å². The van der Waals surface area contributed by atoms with Crippen LogP contribution in [0.25, 0.3) is 0 Å². The van der Waals surface area contributed by atoms with Gasteiger partial charge in [-0.2, -0.15) is 0 Å². The Hall–Kier alpha value is -1.63. The summed E-state index contributed by atoms with van der Waals surface area (Å²) < 4.78 is 0. The van der Waals surface area contributed by atoms with Gasteiger partial charge in [-0.1, -0.05) is 17.7 Å². The number of aliphatic imine (C=N–C) groups is 1. The first-order valence-electron chi connectivity index (χ1n) is 6.83. The third kappa shape index (κ3) is 3.40. The summed E-state index contributed by atoms with van der Waals surface area (Å²) in [5.74, 6) is 0.782. The highest BCUT2D eigenvalue weighted by Gasteiger charge is 2.22. The molecule has 0 spiro atoms. The highest BCUT2D eigenvalue weighted by atomic mass is 35.5. The number of halogens is 1. The van der Waals surface area contributed by atoms with E-state index in [0.717, 1.165) is 29.7 Å². The van der Waals surface area contributed by atoms with Gasteiger partial charge < -0.3 is 10.6 Å². The molecule has 22 heavy (non-hydrogen) atoms. The molecule has 1 aromatic carbocycles. The third-order valence-corrected chi connectivity index (χ3v) is 4.74. The van der Waals surface area contributed by atoms with Crippen LogP contribution in [0.1, 0.15) is 5.56 Å². The molecule has 7 heteroatoms. The summed E-state index contributed by atoms with van der Waals surface area (Å²) in [5, 5.41) is 11.0. The van der Waals surface area contributed by atoms with Gasteiger partial charge in [-0.05, 0) is 54.4 Å². The van der Waals surface area contributed by atoms with Crippen LogP contribution in [0.2, 0.25) is 5.02 Å². The van der Waals surface area contributed by atoms with Gasteiger partial charge in [0.2, 0.25) is 5.96 Å². The monoisotopic (exact) mass is 350 g/mol. The Morgan fingerprint density at radius 2 is 2.27 bits per heavy atom. The van der Waals surface area contributed by atoms with Crippen LogP contribution in [-0.4, -0.2) is 29.1 Å². The molecule has 0 saturated heterocycles. The van der Waals surface area contributed by atoms with Crippen LogP contribution in [0.15, 0.2) is 40.7 Å². The number of hydrogen-bond acceptors (Lipinski definition) is 4. The molecule has 0 unspecified atom stereocenters. The molecule has 1 aromatic heterocycles. The number of nitrogens with zero attached hydrogens (tertiary/aromatic N) is 2. The molecule has 0 aliphatic carbocycles. The van der Waals surface area contributed by atoms with Crippen molar-refractivity contribution in [1.29, 1.82) is 0 Å². The van der Waals surface area contributed by atoms with Crippen molar-refractivity contribution in [2.24, 2.45) is 4.99 Å². The molecule has 0 radical (unpaired) electrons. The van der Waals surface area contributed by atoms with Crippen LogP contribution in [0, 0.1) is 6.92 Å². The number of aryl methyl sites for hydroxylation is 1. The van der Waals surface area contributed by atoms with Crippen LogP contribution in [-0.2, 0) is 0 Å². The van der Waals surface area contributed by atoms with Crippen LogP contribution in [0.3, 0.4) is 0 Å². The third-order valence-electron chi connectivity index (χ3n) is 3.25. The molecule has 2 heterocycles. The van der Waals surface area contributed by atoms with Crippen LogP contribution >= 0.6 is 35.2 Å². The van der Waals surface area contributed by atoms with E-state index >= 15 is 0 Å². The lowest BCUT2D eigenvalue weighted by Gasteiger charge is -2.22. The number of anilines is 2. The molecule has 2 aromatic rings. The van der Waals surface area contributed by atoms with Gasteiger partial charge in [-0.25, -0.2) is 0 Å². The fourth-order valence-electron chi connectivity index (χ4n) is 2.11. The van der Waals surface area contributed by atoms with Gasteiger partial charge in [0.05, 0.1) is 11.5 Å². The van der Waals surface area contributed by atoms with E-state index in [1.807, 2.05) is 29.2 Å². The number of thiocarbonyl (C=S) groups is 1. The molecule has 2 N–H and O–H groups in total. The van der Waals surface area contributed by atoms with Gasteiger partial charge in [-0.15, -0.1) is 11.3 Å². The van der Waals surface area contributed by atoms with E-state index < -0.39 is 0 Å². The first kappa shape index (κ1) is 15.3. The minimum absolute atomic E-state index is 0.611. The van der Waals surface area contributed by atoms with Crippen molar-refractivity contribution in [2.75, 3.05) is 23.7 Å². The quantitative estimate of drug-likeness (QED) is 0.797. The predicted octanol–water partition coefficient (Wildman–Crippen LogP) is 4.19. The normalized spacial score (nSPS) is 13.9. The summed E-state index contributed by atoms with van der Waals surface area (Å²) in [6.45, 7) is 3.56. The van der Waals surface area contributed by atoms with Crippen LogP contribution < -0.4 is 10.6 Å². The van der Waals surface area contributed by atoms with E-state index in [-0.39, 0.29) is 0 Å². The van der Waals surface area contributed by atoms with Gasteiger partial charge >= 0.3 is 0 Å². The van der Waals surface area contributed by atoms with Crippen molar-refractivity contribution < 1.29 is 0 Å². The summed E-state index contributed by atoms with van der Waals surface area (Å²) in [5.41, 5.74) is 2.07. The number of hydrogen-bond donors (Lipinski definition) is 2. The topological polar surface area (TPSA) is 39.7 Å². The van der Waals surface area contributed by atoms with Gasteiger partial charge in [0.15, 0.2) is 5.11 Å². The Morgan fingerprint density at radius 1 is 1.41 bits per heavy atom. The molecule has 1 aliphatic rings. The molecule has 0 bridgehead atoms. The minimum Gasteiger partial charge on any atom is -0.332 e. The Morgan fingerprint density at radius 3 is 3.00 bits per heavy atom. The summed E-state index contributed by atoms with van der Waals surface area (Å²) in [7, 11) is 0. The maximum Gasteiger partial charge on any atom is 0.205 e. The lowest BCUT2D eigenvalue weighted by molar-refractivity contribution is 0.674. The molecule has 4 nitrogen and oxygen atoms in total. The molecular formula is C15H15ClN4S2. The summed E-state index contributed by atoms with van der Waals surface area (Å²) in [6.07, 6.45) is 0. The van der Waals surface area contributed by atoms with Crippen molar-refractivity contribution in [3.63, 3.8) is 0 Å². The standard InChI is InChI=1S/C15H15ClN4S2/c1-10-5-8-22-13(10)19-14-17-6-7-20(14)15(21)18-12-4-2-3-11(16)9-12/h2-5,8-9H,6-7H2,1H3,(H,17,19)(H,18,21). The van der Waals surface area contributed by atoms with Crippen molar-refractivity contribution in [2.45, 2.75) is 6.92 Å². The number of guanidine groups is 1. The van der Waals surface area contributed by atoms with Crippen molar-refractivity contribution in [1.82, 2.24) is 4.90 Å². The summed E-state index contributed by atoms with van der Waals surface area (Å²) in [4.78, 5) is 6.47. The number of rotatable bonds is 2. The average molecular weight is 351 g/mol. The summed E-state index contributed by atoms with van der Waals surface area (Å²) >= 11 is 13.2. The van der Waals surface area contributed by atoms with E-state index in [9.17, 15) is 0 Å². The predicted molar refractivity (Wildman–Crippen MR) is 99.4 cm³/mol. The van der Waals surface area contributed by atoms with E-state index in [1.165, 1.54) is 5.56 Å². The highest BCUT2D eigenvalue weighted by Crippen LogP contribution is 2.23. The maximum atomic E-state index is 6.00. The van der Waals surface area contributed by atoms with Crippen LogP contribution in [0.5, 0.6) is 0 Å². The Labute approximate surface area is 143 Å². The second-order valence-electron chi connectivity index (χ2n) is 4.86. The lowest BCUT2D eigenvalue weighted by atomic mass is 10.3. The molecule has 0 atom stereocenters. The van der Waals surface area contributed by atoms with Gasteiger partial charge in [0, 0.05) is 17.3 Å². The molecular weight excluding hydrogens is 336 g/mol. The van der Waals surface area contributed by atoms with Crippen LogP contribution in [0.4, 0.5) is 10.7 Å². The van der Waals surface area contributed by atoms with E-state index in [4.69, 9.17) is 23.8 Å². The molecule has 0 amide bonds. The van der Waals surface area contributed by atoms with Crippen molar-refractivity contribution in [3.05, 3.63) is 46.3 Å². The number of nitrogens with one attached hydrogen (secondary N) is 2. The first-order chi connectivity index (χ1) is 10.6. The lowest BCUT2D eigenvalue weighted by Crippen LogP contribution is -2.40. The largest absolute Gasteiger partial charge is 0.332 e. The second-order valence-corrected chi connectivity index (χ2v) is 6.59. The fourth-order valence-corrected chi connectivity index (χ4v) is 3.41. The molecule has 1 aliphatic heterocycles. The summed E-state index contributed by atoms with van der Waals surface area (Å²) in [6, 6.07) is 9.58. The maximum absolute atomic E-state index is 6.00. The highest BCUT2D eigenvalue weighted by molar-refractivity contribution is 7.80. The van der Waals surface area contributed by atoms with Crippen molar-refractivity contribution in [3.8, 4) is 0 Å². The first-order valence-corrected chi connectivity index (χ1v) is 8.50. The van der Waals surface area contributed by atoms with Gasteiger partial charge in [0.1, 0.15) is 0 Å². The van der Waals surface area contributed by atoms with Gasteiger partial charge in [-0.3, -0.25) is 9.89 Å². The van der Waals surface area contributed by atoms with Crippen molar-refractivity contribution >= 4 is 56.9 Å². The Balaban J connectivity index is 1.69. The van der Waals surface area contributed by atoms with E-state index in [1.54, 1.807) is 11.3 Å². The fraction of sp³-hybridized carbons (Fsp3) is 0.200. The van der Waals surface area contributed by atoms with Gasteiger partial charge in [0.25, 0.3) is 0 Å². The second kappa shape index (κ2) is 6.64. The molecule has 0 fully saturated rings.